The molecular weight excluding hydrogens is 681 g/mol. The van der Waals surface area contributed by atoms with E-state index in [1.54, 1.807) is 13.8 Å². The molecule has 2 heterocycles. The third kappa shape index (κ3) is 4.80. The molecule has 0 amide bonds. The van der Waals surface area contributed by atoms with Crippen molar-refractivity contribution in [1.82, 2.24) is 9.97 Å². The highest BCUT2D eigenvalue weighted by atomic mass is 16.4. The fourth-order valence-corrected chi connectivity index (χ4v) is 10.2. The molecule has 0 saturated heterocycles. The quantitative estimate of drug-likeness (QED) is 0.162. The number of fused-ring (bicyclic) bond motifs is 12. The van der Waals surface area contributed by atoms with Gasteiger partial charge >= 0.3 is 11.9 Å². The fraction of sp³-hybridized carbons (Fsp3) is 0.184. The highest BCUT2D eigenvalue weighted by Gasteiger charge is 2.56. The van der Waals surface area contributed by atoms with Gasteiger partial charge < -0.3 is 10.2 Å². The summed E-state index contributed by atoms with van der Waals surface area (Å²) in [5.41, 5.74) is 7.78. The van der Waals surface area contributed by atoms with E-state index in [-0.39, 0.29) is 0 Å². The van der Waals surface area contributed by atoms with Crippen LogP contribution in [0.25, 0.3) is 65.9 Å². The molecule has 0 aliphatic heterocycles. The molecule has 0 radical (unpaired) electrons. The van der Waals surface area contributed by atoms with E-state index in [1.165, 1.54) is 0 Å². The topological polar surface area (TPSA) is 100 Å². The first-order chi connectivity index (χ1) is 26.7. The maximum absolute atomic E-state index is 13.0. The molecule has 0 spiro atoms. The number of nitrogens with zero attached hydrogens (tertiary/aromatic N) is 2. The van der Waals surface area contributed by atoms with Gasteiger partial charge in [-0.1, -0.05) is 123 Å². The first kappa shape index (κ1) is 33.2. The lowest BCUT2D eigenvalue weighted by atomic mass is 9.58. The smallest absolute Gasteiger partial charge is 0.306 e. The van der Waals surface area contributed by atoms with Crippen molar-refractivity contribution >= 4 is 55.3 Å². The van der Waals surface area contributed by atoms with Gasteiger partial charge in [-0.15, -0.1) is 0 Å². The van der Waals surface area contributed by atoms with Gasteiger partial charge in [-0.2, -0.15) is 0 Å². The third-order valence-electron chi connectivity index (χ3n) is 12.6. The molecule has 2 aromatic heterocycles. The van der Waals surface area contributed by atoms with E-state index < -0.39 is 34.6 Å². The molecule has 6 heteroatoms. The second kappa shape index (κ2) is 12.1. The van der Waals surface area contributed by atoms with Crippen LogP contribution >= 0.6 is 0 Å². The van der Waals surface area contributed by atoms with Gasteiger partial charge in [-0.3, -0.25) is 9.59 Å². The minimum absolute atomic E-state index is 0.295. The van der Waals surface area contributed by atoms with Crippen molar-refractivity contribution in [2.75, 3.05) is 0 Å². The van der Waals surface area contributed by atoms with Crippen molar-refractivity contribution < 1.29 is 19.8 Å². The highest BCUT2D eigenvalue weighted by Crippen LogP contribution is 2.64. The molecule has 4 unspecified atom stereocenters. The molecule has 10 rings (SSSR count). The zero-order valence-corrected chi connectivity index (χ0v) is 30.6. The first-order valence-corrected chi connectivity index (χ1v) is 19.0. The van der Waals surface area contributed by atoms with Crippen LogP contribution in [0.3, 0.4) is 0 Å². The second-order valence-electron chi connectivity index (χ2n) is 15.8. The zero-order chi connectivity index (χ0) is 37.6. The monoisotopic (exact) mass is 718 g/mol. The average Bonchev–Trinajstić information content (AvgIpc) is 3.61. The molecule has 6 aromatic carbocycles. The lowest BCUT2D eigenvalue weighted by Gasteiger charge is -2.44. The predicted molar refractivity (Wildman–Crippen MR) is 218 cm³/mol. The van der Waals surface area contributed by atoms with E-state index >= 15 is 0 Å². The molecule has 6 nitrogen and oxygen atoms in total. The molecule has 8 aromatic rings. The van der Waals surface area contributed by atoms with Crippen LogP contribution in [0.4, 0.5) is 0 Å². The number of carboxylic acids is 2. The molecule has 2 aliphatic rings. The summed E-state index contributed by atoms with van der Waals surface area (Å²) in [4.78, 5) is 36.9. The van der Waals surface area contributed by atoms with Crippen molar-refractivity contribution in [3.8, 4) is 22.5 Å². The Kier molecular flexibility index (Phi) is 7.27. The Morgan fingerprint density at radius 2 is 0.891 bits per heavy atom. The van der Waals surface area contributed by atoms with E-state index in [4.69, 9.17) is 9.97 Å². The number of hydrogen-bond donors (Lipinski definition) is 2. The van der Waals surface area contributed by atoms with E-state index in [0.717, 1.165) is 88.1 Å². The summed E-state index contributed by atoms with van der Waals surface area (Å²) in [6.45, 7) is 3.59. The lowest BCUT2D eigenvalue weighted by Crippen LogP contribution is -2.41. The number of rotatable bonds is 8. The maximum Gasteiger partial charge on any atom is 0.306 e. The molecule has 268 valence electrons. The summed E-state index contributed by atoms with van der Waals surface area (Å²) in [5, 5.41) is 27.6. The minimum Gasteiger partial charge on any atom is -0.481 e. The Bertz CT molecular complexity index is 2740. The van der Waals surface area contributed by atoms with Gasteiger partial charge in [0.05, 0.1) is 34.3 Å². The van der Waals surface area contributed by atoms with Gasteiger partial charge in [0.25, 0.3) is 0 Å². The number of carbonyl (C=O) groups is 2. The molecule has 0 bridgehead atoms. The Morgan fingerprint density at radius 3 is 1.31 bits per heavy atom. The molecule has 0 fully saturated rings. The van der Waals surface area contributed by atoms with Crippen LogP contribution in [0.5, 0.6) is 0 Å². The number of benzene rings is 6. The predicted octanol–water partition coefficient (Wildman–Crippen LogP) is 10.9. The van der Waals surface area contributed by atoms with Crippen molar-refractivity contribution in [3.05, 3.63) is 156 Å². The molecule has 0 saturated carbocycles. The van der Waals surface area contributed by atoms with Crippen LogP contribution in [0.15, 0.2) is 133 Å². The summed E-state index contributed by atoms with van der Waals surface area (Å²) < 4.78 is 0. The van der Waals surface area contributed by atoms with Crippen LogP contribution in [0, 0.1) is 11.8 Å². The van der Waals surface area contributed by atoms with Gasteiger partial charge in [-0.25, -0.2) is 9.97 Å². The Balaban J connectivity index is 1.36. The number of hydrogen-bond acceptors (Lipinski definition) is 4. The van der Waals surface area contributed by atoms with Gasteiger partial charge in [0, 0.05) is 32.7 Å². The maximum atomic E-state index is 13.0. The number of carboxylic acid groups (broad SMARTS) is 2. The van der Waals surface area contributed by atoms with Crippen molar-refractivity contribution in [1.29, 1.82) is 0 Å². The SMILES string of the molecule is CC(CC1(CC2(CC(C)C(=O)O)c3cc4ccccc4nc3-c3c2ccc2ccccc32)c2cc3ccccc3nc2-c2c1ccc1ccccc21)C(=O)O. The van der Waals surface area contributed by atoms with E-state index in [1.807, 2.05) is 60.7 Å². The standard InChI is InChI=1S/C49H38N2O4/c1-28(46(52)53)25-48(36-21-19-30-11-3-7-15-34(30)42(36)44-38(48)23-32-13-5-9-17-40(32)50-44)27-49(26-29(2)47(54)55)37-22-20-31-12-4-8-16-35(31)43(37)45-39(49)24-33-14-6-10-18-41(33)51-45/h3-24,28-29H,25-27H2,1-2H3,(H,52,53)(H,54,55). The average molecular weight is 719 g/mol. The number of aromatic nitrogens is 2. The molecule has 2 aliphatic carbocycles. The molecular formula is C49H38N2O4. The Hall–Kier alpha value is -6.40. The van der Waals surface area contributed by atoms with E-state index in [0.29, 0.717) is 19.3 Å². The molecule has 55 heavy (non-hydrogen) atoms. The zero-order valence-electron chi connectivity index (χ0n) is 30.6. The van der Waals surface area contributed by atoms with Crippen LogP contribution < -0.4 is 0 Å². The number of para-hydroxylation sites is 2. The first-order valence-electron chi connectivity index (χ1n) is 19.0. The van der Waals surface area contributed by atoms with E-state index in [2.05, 4.69) is 72.8 Å². The number of pyridine rings is 2. The van der Waals surface area contributed by atoms with Crippen LogP contribution in [-0.2, 0) is 20.4 Å². The second-order valence-corrected chi connectivity index (χ2v) is 15.8. The van der Waals surface area contributed by atoms with Gasteiger partial charge in [-0.05, 0) is 87.3 Å². The highest BCUT2D eigenvalue weighted by molar-refractivity contribution is 6.05. The van der Waals surface area contributed by atoms with Crippen molar-refractivity contribution in [2.45, 2.75) is 43.9 Å². The van der Waals surface area contributed by atoms with Gasteiger partial charge in [0.2, 0.25) is 0 Å². The van der Waals surface area contributed by atoms with Crippen molar-refractivity contribution in [3.63, 3.8) is 0 Å². The summed E-state index contributed by atoms with van der Waals surface area (Å²) in [6, 6.07) is 46.0. The van der Waals surface area contributed by atoms with E-state index in [9.17, 15) is 19.8 Å². The Labute approximate surface area is 318 Å². The third-order valence-corrected chi connectivity index (χ3v) is 12.6. The summed E-state index contributed by atoms with van der Waals surface area (Å²) >= 11 is 0. The lowest BCUT2D eigenvalue weighted by molar-refractivity contribution is -0.142. The van der Waals surface area contributed by atoms with Crippen LogP contribution in [0.2, 0.25) is 0 Å². The Morgan fingerprint density at radius 1 is 0.509 bits per heavy atom. The summed E-state index contributed by atoms with van der Waals surface area (Å²) in [7, 11) is 0. The van der Waals surface area contributed by atoms with Crippen molar-refractivity contribution in [2.24, 2.45) is 11.8 Å². The summed E-state index contributed by atoms with van der Waals surface area (Å²) in [6.07, 6.45) is 1.01. The number of aliphatic carboxylic acids is 2. The van der Waals surface area contributed by atoms with Crippen LogP contribution in [0.1, 0.15) is 55.4 Å². The largest absolute Gasteiger partial charge is 0.481 e. The normalized spacial score (nSPS) is 19.2. The molecule has 4 atom stereocenters. The van der Waals surface area contributed by atoms with Gasteiger partial charge in [0.1, 0.15) is 0 Å². The fourth-order valence-electron chi connectivity index (χ4n) is 10.2. The molecule has 2 N–H and O–H groups in total. The summed E-state index contributed by atoms with van der Waals surface area (Å²) in [5.74, 6) is -3.19. The van der Waals surface area contributed by atoms with Gasteiger partial charge in [0.15, 0.2) is 0 Å². The van der Waals surface area contributed by atoms with Crippen LogP contribution in [-0.4, -0.2) is 32.1 Å². The minimum atomic E-state index is -0.877.